The second-order valence-electron chi connectivity index (χ2n) is 5.63. The quantitative estimate of drug-likeness (QED) is 0.753. The maximum atomic E-state index is 11.6. The lowest BCUT2D eigenvalue weighted by atomic mass is 9.95. The van der Waals surface area contributed by atoms with Gasteiger partial charge in [-0.1, -0.05) is 20.8 Å². The Morgan fingerprint density at radius 2 is 1.88 bits per heavy atom. The second kappa shape index (κ2) is 4.85. The van der Waals surface area contributed by atoms with Crippen LogP contribution in [0.25, 0.3) is 0 Å². The van der Waals surface area contributed by atoms with Crippen LogP contribution in [0.4, 0.5) is 0 Å². The first-order valence-electron chi connectivity index (χ1n) is 5.89. The highest BCUT2D eigenvalue weighted by atomic mass is 16.2. The number of carbonyl (C=O) groups is 2. The molecule has 92 valence electrons. The number of amides is 2. The van der Waals surface area contributed by atoms with Crippen LogP contribution >= 0.6 is 0 Å². The molecule has 0 heterocycles. The third-order valence-corrected chi connectivity index (χ3v) is 2.68. The van der Waals surface area contributed by atoms with E-state index >= 15 is 0 Å². The molecule has 0 unspecified atom stereocenters. The van der Waals surface area contributed by atoms with Gasteiger partial charge in [0, 0.05) is 12.0 Å². The Bertz CT molecular complexity index is 277. The molecule has 1 saturated carbocycles. The molecule has 1 rings (SSSR count). The second-order valence-corrected chi connectivity index (χ2v) is 5.63. The Balaban J connectivity index is 2.29. The van der Waals surface area contributed by atoms with E-state index in [1.807, 2.05) is 20.8 Å². The van der Waals surface area contributed by atoms with Crippen LogP contribution in [0.5, 0.6) is 0 Å². The molecule has 4 heteroatoms. The molecule has 0 bridgehead atoms. The normalized spacial score (nSPS) is 17.8. The maximum absolute atomic E-state index is 11.6. The van der Waals surface area contributed by atoms with Gasteiger partial charge in [-0.15, -0.1) is 0 Å². The van der Waals surface area contributed by atoms with Crippen LogP contribution in [-0.4, -0.2) is 24.4 Å². The molecule has 4 nitrogen and oxygen atoms in total. The summed E-state index contributed by atoms with van der Waals surface area (Å²) in [5.74, 6) is 0.473. The highest BCUT2D eigenvalue weighted by molar-refractivity contribution is 5.89. The van der Waals surface area contributed by atoms with Gasteiger partial charge in [0.15, 0.2) is 0 Å². The lowest BCUT2D eigenvalue weighted by Gasteiger charge is -2.21. The molecule has 0 aliphatic heterocycles. The number of hydrogen-bond acceptors (Lipinski definition) is 2. The van der Waals surface area contributed by atoms with E-state index in [0.717, 1.165) is 6.54 Å². The fourth-order valence-electron chi connectivity index (χ4n) is 1.20. The number of hydrogen-bond donors (Lipinski definition) is 2. The van der Waals surface area contributed by atoms with Gasteiger partial charge in [-0.05, 0) is 25.7 Å². The smallest absolute Gasteiger partial charge is 0.242 e. The highest BCUT2D eigenvalue weighted by Crippen LogP contribution is 2.27. The van der Waals surface area contributed by atoms with Gasteiger partial charge < -0.3 is 10.6 Å². The minimum Gasteiger partial charge on any atom is -0.354 e. The molecule has 2 N–H and O–H groups in total. The first kappa shape index (κ1) is 13.0. The Morgan fingerprint density at radius 1 is 1.31 bits per heavy atom. The Hall–Kier alpha value is -1.06. The van der Waals surface area contributed by atoms with Crippen LogP contribution in [0, 0.1) is 11.3 Å². The predicted molar refractivity (Wildman–Crippen MR) is 62.8 cm³/mol. The summed E-state index contributed by atoms with van der Waals surface area (Å²) in [5.41, 5.74) is -0.453. The molecule has 0 radical (unpaired) electrons. The zero-order chi connectivity index (χ0) is 12.3. The zero-order valence-corrected chi connectivity index (χ0v) is 10.6. The summed E-state index contributed by atoms with van der Waals surface area (Å²) < 4.78 is 0. The van der Waals surface area contributed by atoms with E-state index < -0.39 is 11.5 Å². The van der Waals surface area contributed by atoms with Crippen molar-refractivity contribution >= 4 is 11.8 Å². The highest BCUT2D eigenvalue weighted by Gasteiger charge is 2.26. The molecule has 1 aliphatic rings. The van der Waals surface area contributed by atoms with Gasteiger partial charge in [0.1, 0.15) is 6.04 Å². The van der Waals surface area contributed by atoms with Crippen molar-refractivity contribution in [3.63, 3.8) is 0 Å². The first-order chi connectivity index (χ1) is 7.30. The van der Waals surface area contributed by atoms with E-state index in [1.165, 1.54) is 12.8 Å². The third kappa shape index (κ3) is 4.21. The molecule has 0 saturated heterocycles. The van der Waals surface area contributed by atoms with Crippen LogP contribution in [0.2, 0.25) is 0 Å². The average molecular weight is 226 g/mol. The molecule has 1 aliphatic carbocycles. The topological polar surface area (TPSA) is 58.2 Å². The Kier molecular flexibility index (Phi) is 3.94. The van der Waals surface area contributed by atoms with E-state index in [0.29, 0.717) is 5.92 Å². The molecule has 0 aromatic rings. The summed E-state index contributed by atoms with van der Waals surface area (Å²) in [6.45, 7) is 7.95. The van der Waals surface area contributed by atoms with Crippen LogP contribution in [0.15, 0.2) is 0 Å². The largest absolute Gasteiger partial charge is 0.354 e. The van der Waals surface area contributed by atoms with E-state index in [4.69, 9.17) is 0 Å². The van der Waals surface area contributed by atoms with Gasteiger partial charge in [0.05, 0.1) is 0 Å². The summed E-state index contributed by atoms with van der Waals surface area (Å²) in [7, 11) is 0. The summed E-state index contributed by atoms with van der Waals surface area (Å²) in [5, 5.41) is 5.56. The molecule has 2 amide bonds. The van der Waals surface area contributed by atoms with Crippen molar-refractivity contribution in [1.29, 1.82) is 0 Å². The van der Waals surface area contributed by atoms with Crippen molar-refractivity contribution in [3.05, 3.63) is 0 Å². The van der Waals surface area contributed by atoms with Gasteiger partial charge >= 0.3 is 0 Å². The maximum Gasteiger partial charge on any atom is 0.242 e. The molecule has 1 fully saturated rings. The summed E-state index contributed by atoms with van der Waals surface area (Å²) in [4.78, 5) is 23.3. The first-order valence-corrected chi connectivity index (χ1v) is 5.89. The van der Waals surface area contributed by atoms with Crippen LogP contribution in [-0.2, 0) is 9.59 Å². The van der Waals surface area contributed by atoms with Crippen molar-refractivity contribution < 1.29 is 9.59 Å². The lowest BCUT2D eigenvalue weighted by molar-refractivity contribution is -0.133. The minimum atomic E-state index is -0.453. The van der Waals surface area contributed by atoms with Crippen molar-refractivity contribution in [2.24, 2.45) is 11.3 Å². The molecule has 0 aromatic carbocycles. The zero-order valence-electron chi connectivity index (χ0n) is 10.6. The SMILES string of the molecule is C[C@@H](NC(=O)C(C)(C)C)C(=O)NCC1CC1. The van der Waals surface area contributed by atoms with Crippen molar-refractivity contribution in [2.45, 2.75) is 46.6 Å². The number of carbonyl (C=O) groups excluding carboxylic acids is 2. The Morgan fingerprint density at radius 3 is 2.31 bits per heavy atom. The molecule has 0 spiro atoms. The van der Waals surface area contributed by atoms with Gasteiger partial charge in [0.25, 0.3) is 0 Å². The van der Waals surface area contributed by atoms with Crippen molar-refractivity contribution in [2.75, 3.05) is 6.54 Å². The summed E-state index contributed by atoms with van der Waals surface area (Å²) in [6, 6.07) is -0.453. The fraction of sp³-hybridized carbons (Fsp3) is 0.833. The Labute approximate surface area is 97.2 Å². The standard InChI is InChI=1S/C12H22N2O2/c1-8(14-11(16)12(2,3)4)10(15)13-7-9-5-6-9/h8-9H,5-7H2,1-4H3,(H,13,15)(H,14,16)/t8-/m1/s1. The number of nitrogens with one attached hydrogen (secondary N) is 2. The monoisotopic (exact) mass is 226 g/mol. The van der Waals surface area contributed by atoms with Gasteiger partial charge in [-0.2, -0.15) is 0 Å². The predicted octanol–water partition coefficient (Wildman–Crippen LogP) is 1.06. The lowest BCUT2D eigenvalue weighted by Crippen LogP contribution is -2.48. The molecule has 1 atom stereocenters. The van der Waals surface area contributed by atoms with E-state index in [-0.39, 0.29) is 11.8 Å². The molecular weight excluding hydrogens is 204 g/mol. The van der Waals surface area contributed by atoms with Gasteiger partial charge in [0.2, 0.25) is 11.8 Å². The summed E-state index contributed by atoms with van der Waals surface area (Å²) in [6.07, 6.45) is 2.42. The molecular formula is C12H22N2O2. The van der Waals surface area contributed by atoms with E-state index in [1.54, 1.807) is 6.92 Å². The summed E-state index contributed by atoms with van der Waals surface area (Å²) >= 11 is 0. The average Bonchev–Trinajstić information content (AvgIpc) is 2.95. The van der Waals surface area contributed by atoms with Crippen molar-refractivity contribution in [1.82, 2.24) is 10.6 Å². The van der Waals surface area contributed by atoms with Crippen LogP contribution < -0.4 is 10.6 Å². The third-order valence-electron chi connectivity index (χ3n) is 2.68. The fourth-order valence-corrected chi connectivity index (χ4v) is 1.20. The molecule has 16 heavy (non-hydrogen) atoms. The molecule has 0 aromatic heterocycles. The van der Waals surface area contributed by atoms with Crippen LogP contribution in [0.1, 0.15) is 40.5 Å². The van der Waals surface area contributed by atoms with Gasteiger partial charge in [-0.3, -0.25) is 9.59 Å². The minimum absolute atomic E-state index is 0.0931. The van der Waals surface area contributed by atoms with E-state index in [9.17, 15) is 9.59 Å². The van der Waals surface area contributed by atoms with Gasteiger partial charge in [-0.25, -0.2) is 0 Å². The van der Waals surface area contributed by atoms with E-state index in [2.05, 4.69) is 10.6 Å². The number of rotatable bonds is 4. The van der Waals surface area contributed by atoms with Crippen LogP contribution in [0.3, 0.4) is 0 Å². The van der Waals surface area contributed by atoms with Crippen molar-refractivity contribution in [3.8, 4) is 0 Å².